The van der Waals surface area contributed by atoms with Crippen molar-refractivity contribution in [3.8, 4) is 0 Å². The lowest BCUT2D eigenvalue weighted by Gasteiger charge is -2.26. The lowest BCUT2D eigenvalue weighted by Crippen LogP contribution is -2.43. The Bertz CT molecular complexity index is 1460. The average Bonchev–Trinajstić information content (AvgIpc) is 2.84. The summed E-state index contributed by atoms with van der Waals surface area (Å²) in [5.74, 6) is -0.140. The van der Waals surface area contributed by atoms with Crippen LogP contribution in [0.15, 0.2) is 81.3 Å². The van der Waals surface area contributed by atoms with Gasteiger partial charge in [0.1, 0.15) is 5.82 Å². The van der Waals surface area contributed by atoms with Crippen molar-refractivity contribution in [1.82, 2.24) is 14.5 Å². The van der Waals surface area contributed by atoms with E-state index in [2.05, 4.69) is 9.97 Å². The van der Waals surface area contributed by atoms with E-state index in [1.54, 1.807) is 6.20 Å². The molecule has 0 bridgehead atoms. The predicted octanol–water partition coefficient (Wildman–Crippen LogP) is 3.50. The number of anilines is 2. The second-order valence-corrected chi connectivity index (χ2v) is 9.60. The number of nitrogens with zero attached hydrogens (tertiary/aromatic N) is 3. The van der Waals surface area contributed by atoms with Crippen LogP contribution >= 0.6 is 11.8 Å². The minimum Gasteiger partial charge on any atom is -0.383 e. The molecule has 0 spiro atoms. The molecule has 0 fully saturated rings. The van der Waals surface area contributed by atoms with E-state index in [1.807, 2.05) is 74.5 Å². The predicted molar refractivity (Wildman–Crippen MR) is 141 cm³/mol. The van der Waals surface area contributed by atoms with Gasteiger partial charge >= 0.3 is 5.69 Å². The number of H-pyrrole nitrogens is 1. The highest BCUT2D eigenvalue weighted by Gasteiger charge is 2.25. The average molecular weight is 490 g/mol. The van der Waals surface area contributed by atoms with E-state index in [-0.39, 0.29) is 42.2 Å². The molecule has 2 aromatic heterocycles. The normalized spacial score (nSPS) is 11.2. The molecule has 9 heteroatoms. The summed E-state index contributed by atoms with van der Waals surface area (Å²) in [4.78, 5) is 47.9. The van der Waals surface area contributed by atoms with E-state index in [1.165, 1.54) is 21.2 Å². The molecule has 0 radical (unpaired) electrons. The third kappa shape index (κ3) is 5.46. The topological polar surface area (TPSA) is 114 Å². The van der Waals surface area contributed by atoms with E-state index < -0.39 is 11.2 Å². The van der Waals surface area contributed by atoms with Crippen LogP contribution in [0.3, 0.4) is 0 Å². The molecule has 8 nitrogen and oxygen atoms in total. The fourth-order valence-corrected chi connectivity index (χ4v) is 4.78. The van der Waals surface area contributed by atoms with E-state index in [4.69, 9.17) is 5.73 Å². The Kier molecular flexibility index (Phi) is 7.36. The number of para-hydroxylation sites is 1. The quantitative estimate of drug-likeness (QED) is 0.366. The van der Waals surface area contributed by atoms with Gasteiger partial charge in [0.05, 0.1) is 17.8 Å². The van der Waals surface area contributed by atoms with E-state index in [9.17, 15) is 14.4 Å². The first-order valence-electron chi connectivity index (χ1n) is 11.3. The van der Waals surface area contributed by atoms with E-state index in [0.29, 0.717) is 0 Å². The SMILES string of the molecule is CC(C)CN(C(=O)CSc1ccnc2ccccc12)c1c(N)n(Cc2ccccc2)c(=O)[nH]c1=O. The van der Waals surface area contributed by atoms with Crippen LogP contribution in [0.2, 0.25) is 0 Å². The minimum absolute atomic E-state index is 0.000539. The molecule has 4 rings (SSSR count). The van der Waals surface area contributed by atoms with Gasteiger partial charge in [-0.3, -0.25) is 24.1 Å². The molecule has 3 N–H and O–H groups in total. The fraction of sp³-hybridized carbons (Fsp3) is 0.231. The van der Waals surface area contributed by atoms with Crippen LogP contribution in [0, 0.1) is 5.92 Å². The summed E-state index contributed by atoms with van der Waals surface area (Å²) in [6, 6.07) is 18.9. The lowest BCUT2D eigenvalue weighted by molar-refractivity contribution is -0.116. The van der Waals surface area contributed by atoms with Gasteiger partial charge in [-0.2, -0.15) is 0 Å². The van der Waals surface area contributed by atoms with Crippen LogP contribution in [0.25, 0.3) is 10.9 Å². The summed E-state index contributed by atoms with van der Waals surface area (Å²) in [7, 11) is 0. The fourth-order valence-electron chi connectivity index (χ4n) is 3.86. The van der Waals surface area contributed by atoms with Crippen molar-refractivity contribution in [2.24, 2.45) is 5.92 Å². The Labute approximate surface area is 206 Å². The number of amides is 1. The van der Waals surface area contributed by atoms with Crippen LogP contribution in [-0.2, 0) is 11.3 Å². The van der Waals surface area contributed by atoms with Crippen molar-refractivity contribution in [3.63, 3.8) is 0 Å². The van der Waals surface area contributed by atoms with E-state index >= 15 is 0 Å². The van der Waals surface area contributed by atoms with Gasteiger partial charge in [0.25, 0.3) is 5.56 Å². The number of hydrogen-bond acceptors (Lipinski definition) is 6. The number of nitrogens with one attached hydrogen (secondary N) is 1. The summed E-state index contributed by atoms with van der Waals surface area (Å²) in [6.07, 6.45) is 1.71. The number of carbonyl (C=O) groups excluding carboxylic acids is 1. The van der Waals surface area contributed by atoms with Crippen molar-refractivity contribution in [3.05, 3.63) is 93.3 Å². The van der Waals surface area contributed by atoms with Crippen molar-refractivity contribution in [1.29, 1.82) is 0 Å². The highest BCUT2D eigenvalue weighted by Crippen LogP contribution is 2.28. The molecule has 0 aliphatic carbocycles. The number of carbonyl (C=O) groups is 1. The maximum absolute atomic E-state index is 13.4. The van der Waals surface area contributed by atoms with Crippen LogP contribution in [0.4, 0.5) is 11.5 Å². The smallest absolute Gasteiger partial charge is 0.330 e. The number of nitrogen functional groups attached to an aromatic ring is 1. The van der Waals surface area contributed by atoms with Gasteiger partial charge in [0.15, 0.2) is 5.69 Å². The van der Waals surface area contributed by atoms with Crippen LogP contribution in [0.1, 0.15) is 19.4 Å². The number of nitrogens with two attached hydrogens (primary N) is 1. The Morgan fingerprint density at radius 1 is 1.09 bits per heavy atom. The second kappa shape index (κ2) is 10.6. The molecular weight excluding hydrogens is 462 g/mol. The maximum atomic E-state index is 13.4. The van der Waals surface area contributed by atoms with Gasteiger partial charge < -0.3 is 10.6 Å². The zero-order valence-electron chi connectivity index (χ0n) is 19.6. The van der Waals surface area contributed by atoms with Crippen LogP contribution in [-0.4, -0.2) is 32.7 Å². The van der Waals surface area contributed by atoms with Gasteiger partial charge in [-0.1, -0.05) is 62.4 Å². The zero-order valence-corrected chi connectivity index (χ0v) is 20.4. The Morgan fingerprint density at radius 3 is 2.54 bits per heavy atom. The molecule has 1 amide bonds. The third-order valence-electron chi connectivity index (χ3n) is 5.48. The largest absolute Gasteiger partial charge is 0.383 e. The van der Waals surface area contributed by atoms with Gasteiger partial charge in [-0.05, 0) is 23.6 Å². The summed E-state index contributed by atoms with van der Waals surface area (Å²) in [5, 5.41) is 0.956. The standard InChI is InChI=1S/C26H27N5O3S/c1-17(2)14-30(22(32)16-35-21-12-13-28-20-11-7-6-10-19(20)21)23-24(27)31(26(34)29-25(23)33)15-18-8-4-3-5-9-18/h3-13,17H,14-16,27H2,1-2H3,(H,29,33,34). The molecule has 180 valence electrons. The molecule has 2 heterocycles. The zero-order chi connectivity index (χ0) is 24.9. The lowest BCUT2D eigenvalue weighted by atomic mass is 10.2. The first-order chi connectivity index (χ1) is 16.8. The Hall–Kier alpha value is -3.85. The molecule has 0 aliphatic rings. The van der Waals surface area contributed by atoms with Crippen molar-refractivity contribution < 1.29 is 4.79 Å². The summed E-state index contributed by atoms with van der Waals surface area (Å²) >= 11 is 1.38. The van der Waals surface area contributed by atoms with Gasteiger partial charge in [-0.25, -0.2) is 4.79 Å². The molecule has 0 saturated carbocycles. The van der Waals surface area contributed by atoms with Gasteiger partial charge in [0.2, 0.25) is 5.91 Å². The highest BCUT2D eigenvalue weighted by molar-refractivity contribution is 8.00. The number of aromatic amines is 1. The Morgan fingerprint density at radius 2 is 1.80 bits per heavy atom. The minimum atomic E-state index is -0.676. The number of pyridine rings is 1. The monoisotopic (exact) mass is 489 g/mol. The molecule has 0 aliphatic heterocycles. The van der Waals surface area contributed by atoms with Gasteiger partial charge in [-0.15, -0.1) is 11.8 Å². The maximum Gasteiger partial charge on any atom is 0.330 e. The van der Waals surface area contributed by atoms with Crippen molar-refractivity contribution >= 4 is 40.1 Å². The molecule has 0 unspecified atom stereocenters. The number of rotatable bonds is 8. The molecule has 0 saturated heterocycles. The summed E-state index contributed by atoms with van der Waals surface area (Å²) in [6.45, 7) is 4.37. The first-order valence-corrected chi connectivity index (χ1v) is 12.3. The molecular formula is C26H27N5O3S. The third-order valence-corrected chi connectivity index (χ3v) is 6.53. The second-order valence-electron chi connectivity index (χ2n) is 8.58. The van der Waals surface area contributed by atoms with Crippen LogP contribution in [0.5, 0.6) is 0 Å². The number of hydrogen-bond donors (Lipinski definition) is 2. The van der Waals surface area contributed by atoms with Crippen LogP contribution < -0.4 is 21.9 Å². The summed E-state index contributed by atoms with van der Waals surface area (Å²) in [5.41, 5.74) is 6.76. The molecule has 35 heavy (non-hydrogen) atoms. The Balaban J connectivity index is 1.67. The van der Waals surface area contributed by atoms with Crippen molar-refractivity contribution in [2.75, 3.05) is 22.9 Å². The molecule has 2 aromatic carbocycles. The molecule has 4 aromatic rings. The number of benzene rings is 2. The summed E-state index contributed by atoms with van der Waals surface area (Å²) < 4.78 is 1.29. The van der Waals surface area contributed by atoms with Gasteiger partial charge in [0, 0.05) is 23.0 Å². The van der Waals surface area contributed by atoms with Crippen molar-refractivity contribution in [2.45, 2.75) is 25.3 Å². The number of thioether (sulfide) groups is 1. The number of fused-ring (bicyclic) bond motifs is 1. The highest BCUT2D eigenvalue weighted by atomic mass is 32.2. The molecule has 0 atom stereocenters. The van der Waals surface area contributed by atoms with E-state index in [0.717, 1.165) is 21.4 Å². The first kappa shape index (κ1) is 24.3. The number of aromatic nitrogens is 3.